The Hall–Kier alpha value is -2.45. The lowest BCUT2D eigenvalue weighted by Crippen LogP contribution is -2.50. The molecule has 1 amide bonds. The lowest BCUT2D eigenvalue weighted by Gasteiger charge is -2.34. The molecule has 1 aliphatic rings. The molecule has 0 aliphatic carbocycles. The minimum absolute atomic E-state index is 0.106. The third-order valence-corrected chi connectivity index (χ3v) is 6.06. The van der Waals surface area contributed by atoms with E-state index in [0.29, 0.717) is 36.0 Å². The van der Waals surface area contributed by atoms with Crippen LogP contribution in [0, 0.1) is 0 Å². The van der Waals surface area contributed by atoms with E-state index in [2.05, 4.69) is 5.32 Å². The van der Waals surface area contributed by atoms with E-state index in [0.717, 1.165) is 28.3 Å². The summed E-state index contributed by atoms with van der Waals surface area (Å²) >= 11 is 5.99. The molecule has 2 aromatic carbocycles. The molecule has 1 unspecified atom stereocenters. The lowest BCUT2D eigenvalue weighted by molar-refractivity contribution is -0.127. The van der Waals surface area contributed by atoms with Crippen molar-refractivity contribution in [3.05, 3.63) is 53.1 Å². The number of halogens is 1. The first kappa shape index (κ1) is 22.2. The van der Waals surface area contributed by atoms with Gasteiger partial charge in [0.1, 0.15) is 11.5 Å². The number of hydrogen-bond acceptors (Lipinski definition) is 5. The molecule has 9 heteroatoms. The molecule has 0 radical (unpaired) electrons. The van der Waals surface area contributed by atoms with E-state index in [-0.39, 0.29) is 12.5 Å². The van der Waals surface area contributed by atoms with Gasteiger partial charge in [0.2, 0.25) is 10.0 Å². The average molecular weight is 453 g/mol. The highest BCUT2D eigenvalue weighted by Crippen LogP contribution is 2.37. The summed E-state index contributed by atoms with van der Waals surface area (Å²) in [6.45, 7) is 2.86. The van der Waals surface area contributed by atoms with Crippen LogP contribution in [-0.2, 0) is 21.2 Å². The number of nitrogens with zero attached hydrogens (tertiary/aromatic N) is 1. The Morgan fingerprint density at radius 2 is 2.07 bits per heavy atom. The number of ether oxygens (including phenoxy) is 2. The molecule has 2 aromatic rings. The smallest absolute Gasteiger partial charge is 0.263 e. The van der Waals surface area contributed by atoms with Crippen LogP contribution in [0.25, 0.3) is 0 Å². The van der Waals surface area contributed by atoms with Gasteiger partial charge in [-0.2, -0.15) is 0 Å². The van der Waals surface area contributed by atoms with Gasteiger partial charge in [0.15, 0.2) is 6.10 Å². The van der Waals surface area contributed by atoms with Crippen molar-refractivity contribution in [3.63, 3.8) is 0 Å². The Labute approximate surface area is 182 Å². The van der Waals surface area contributed by atoms with Gasteiger partial charge in [-0.15, -0.1) is 0 Å². The van der Waals surface area contributed by atoms with Crippen molar-refractivity contribution in [1.82, 2.24) is 5.32 Å². The predicted octanol–water partition coefficient (Wildman–Crippen LogP) is 3.01. The minimum Gasteiger partial charge on any atom is -0.494 e. The fourth-order valence-electron chi connectivity index (χ4n) is 3.29. The minimum atomic E-state index is -3.59. The lowest BCUT2D eigenvalue weighted by atomic mass is 10.1. The third kappa shape index (κ3) is 5.37. The summed E-state index contributed by atoms with van der Waals surface area (Å²) in [6, 6.07) is 12.5. The monoisotopic (exact) mass is 452 g/mol. The molecule has 0 fully saturated rings. The van der Waals surface area contributed by atoms with Gasteiger partial charge in [-0.3, -0.25) is 9.10 Å². The summed E-state index contributed by atoms with van der Waals surface area (Å²) < 4.78 is 36.9. The van der Waals surface area contributed by atoms with E-state index in [1.807, 2.05) is 31.2 Å². The van der Waals surface area contributed by atoms with Crippen molar-refractivity contribution >= 4 is 33.2 Å². The largest absolute Gasteiger partial charge is 0.494 e. The van der Waals surface area contributed by atoms with E-state index >= 15 is 0 Å². The number of amides is 1. The summed E-state index contributed by atoms with van der Waals surface area (Å²) in [7, 11) is -3.59. The van der Waals surface area contributed by atoms with Gasteiger partial charge in [0, 0.05) is 11.6 Å². The number of nitrogens with one attached hydrogen (secondary N) is 1. The molecule has 0 saturated carbocycles. The maximum atomic E-state index is 12.6. The van der Waals surface area contributed by atoms with Crippen molar-refractivity contribution in [1.29, 1.82) is 0 Å². The first-order chi connectivity index (χ1) is 14.3. The molecule has 0 spiro atoms. The van der Waals surface area contributed by atoms with Crippen molar-refractivity contribution < 1.29 is 22.7 Å². The Morgan fingerprint density at radius 3 is 2.80 bits per heavy atom. The zero-order chi connectivity index (χ0) is 21.7. The van der Waals surface area contributed by atoms with Crippen LogP contribution in [0.3, 0.4) is 0 Å². The van der Waals surface area contributed by atoms with Crippen LogP contribution in [0.1, 0.15) is 18.9 Å². The average Bonchev–Trinajstić information content (AvgIpc) is 2.70. The molecular weight excluding hydrogens is 428 g/mol. The van der Waals surface area contributed by atoms with E-state index in [1.165, 1.54) is 6.07 Å². The van der Waals surface area contributed by atoms with Crippen LogP contribution in [0.15, 0.2) is 42.5 Å². The zero-order valence-corrected chi connectivity index (χ0v) is 18.5. The number of aryl methyl sites for hydroxylation is 1. The summed E-state index contributed by atoms with van der Waals surface area (Å²) in [4.78, 5) is 12.6. The van der Waals surface area contributed by atoms with E-state index < -0.39 is 16.1 Å². The van der Waals surface area contributed by atoms with Gasteiger partial charge in [0.25, 0.3) is 5.91 Å². The summed E-state index contributed by atoms with van der Waals surface area (Å²) in [6.07, 6.45) is 1.61. The first-order valence-corrected chi connectivity index (χ1v) is 11.9. The normalized spacial score (nSPS) is 15.8. The Balaban J connectivity index is 1.60. The van der Waals surface area contributed by atoms with Crippen LogP contribution in [-0.4, -0.2) is 46.4 Å². The van der Waals surface area contributed by atoms with Gasteiger partial charge in [-0.05, 0) is 49.6 Å². The van der Waals surface area contributed by atoms with Gasteiger partial charge in [-0.25, -0.2) is 8.42 Å². The number of sulfonamides is 1. The van der Waals surface area contributed by atoms with Gasteiger partial charge in [0.05, 0.1) is 25.1 Å². The molecular formula is C21H25ClN2O5S. The number of carbonyl (C=O) groups is 1. The number of hydrogen-bond donors (Lipinski definition) is 1. The first-order valence-electron chi connectivity index (χ1n) is 9.72. The Bertz CT molecular complexity index is 1010. The van der Waals surface area contributed by atoms with Gasteiger partial charge in [-0.1, -0.05) is 29.8 Å². The zero-order valence-electron chi connectivity index (χ0n) is 16.9. The third-order valence-electron chi connectivity index (χ3n) is 4.68. The molecule has 162 valence electrons. The number of fused-ring (bicyclic) bond motifs is 1. The van der Waals surface area contributed by atoms with Crippen LogP contribution in [0.5, 0.6) is 11.5 Å². The molecule has 1 atom stereocenters. The topological polar surface area (TPSA) is 84.9 Å². The summed E-state index contributed by atoms with van der Waals surface area (Å²) in [5.74, 6) is 0.796. The second-order valence-corrected chi connectivity index (χ2v) is 9.29. The Kier molecular flexibility index (Phi) is 7.10. The summed E-state index contributed by atoms with van der Waals surface area (Å²) in [5, 5.41) is 3.23. The van der Waals surface area contributed by atoms with E-state index in [1.54, 1.807) is 12.1 Å². The van der Waals surface area contributed by atoms with Crippen LogP contribution in [0.2, 0.25) is 5.02 Å². The SMILES string of the molecule is CCOc1ccccc1CCCNC(=O)C1CN(S(C)(=O)=O)c2cc(Cl)ccc2O1. The standard InChI is InChI=1S/C21H25ClN2O5S/c1-3-28-18-9-5-4-7-15(18)8-6-12-23-21(25)20-14-24(30(2,26)27)17-13-16(22)10-11-19(17)29-20/h4-5,7,9-11,13,20H,3,6,8,12,14H2,1-2H3,(H,23,25). The maximum absolute atomic E-state index is 12.6. The van der Waals surface area contributed by atoms with E-state index in [4.69, 9.17) is 21.1 Å². The van der Waals surface area contributed by atoms with Gasteiger partial charge >= 0.3 is 0 Å². The quantitative estimate of drug-likeness (QED) is 0.622. The van der Waals surface area contributed by atoms with Crippen LogP contribution in [0.4, 0.5) is 5.69 Å². The number of rotatable bonds is 8. The van der Waals surface area contributed by atoms with Crippen LogP contribution < -0.4 is 19.1 Å². The van der Waals surface area contributed by atoms with Gasteiger partial charge < -0.3 is 14.8 Å². The number of para-hydroxylation sites is 1. The molecule has 0 aromatic heterocycles. The van der Waals surface area contributed by atoms with Crippen molar-refractivity contribution in [2.45, 2.75) is 25.9 Å². The number of anilines is 1. The van der Waals surface area contributed by atoms with E-state index in [9.17, 15) is 13.2 Å². The molecule has 1 N–H and O–H groups in total. The van der Waals surface area contributed by atoms with Crippen molar-refractivity contribution in [3.8, 4) is 11.5 Å². The molecule has 0 bridgehead atoms. The van der Waals surface area contributed by atoms with Crippen molar-refractivity contribution in [2.75, 3.05) is 30.3 Å². The highest BCUT2D eigenvalue weighted by atomic mass is 35.5. The predicted molar refractivity (Wildman–Crippen MR) is 117 cm³/mol. The molecule has 30 heavy (non-hydrogen) atoms. The second kappa shape index (κ2) is 9.57. The molecule has 1 aliphatic heterocycles. The van der Waals surface area contributed by atoms with Crippen LogP contribution >= 0.6 is 11.6 Å². The fourth-order valence-corrected chi connectivity index (χ4v) is 4.36. The molecule has 1 heterocycles. The Morgan fingerprint density at radius 1 is 1.30 bits per heavy atom. The number of benzene rings is 2. The molecule has 0 saturated heterocycles. The maximum Gasteiger partial charge on any atom is 0.263 e. The number of carbonyl (C=O) groups excluding carboxylic acids is 1. The summed E-state index contributed by atoms with van der Waals surface area (Å²) in [5.41, 5.74) is 1.41. The van der Waals surface area contributed by atoms with Crippen molar-refractivity contribution in [2.24, 2.45) is 0 Å². The molecule has 3 rings (SSSR count). The highest BCUT2D eigenvalue weighted by molar-refractivity contribution is 7.92. The highest BCUT2D eigenvalue weighted by Gasteiger charge is 2.35. The molecule has 7 nitrogen and oxygen atoms in total. The fraction of sp³-hybridized carbons (Fsp3) is 0.381. The second-order valence-electron chi connectivity index (χ2n) is 6.95.